The predicted molar refractivity (Wildman–Crippen MR) is 131 cm³/mol. The number of aryl methyl sites for hydroxylation is 1. The molecule has 1 N–H and O–H groups in total. The molecule has 1 heterocycles. The Morgan fingerprint density at radius 2 is 1.84 bits per heavy atom. The van der Waals surface area contributed by atoms with Crippen molar-refractivity contribution in [1.82, 2.24) is 4.90 Å². The molecule has 1 aliphatic rings. The van der Waals surface area contributed by atoms with Crippen LogP contribution in [0, 0.1) is 6.92 Å². The second-order valence-corrected chi connectivity index (χ2v) is 8.69. The third-order valence-corrected chi connectivity index (χ3v) is 6.19. The topological polar surface area (TPSA) is 62.1 Å². The van der Waals surface area contributed by atoms with Gasteiger partial charge in [-0.2, -0.15) is 0 Å². The Morgan fingerprint density at radius 3 is 2.53 bits per heavy atom. The second-order valence-electron chi connectivity index (χ2n) is 7.27. The fraction of sp³-hybridized carbons (Fsp3) is 0.120. The molecule has 0 radical (unpaired) electrons. The van der Waals surface area contributed by atoms with Crippen LogP contribution in [0.4, 0.5) is 5.69 Å². The number of hydrogen-bond acceptors (Lipinski definition) is 5. The molecule has 1 fully saturated rings. The van der Waals surface area contributed by atoms with Crippen LogP contribution in [-0.4, -0.2) is 28.2 Å². The van der Waals surface area contributed by atoms with Gasteiger partial charge in [-0.25, -0.2) is 4.99 Å². The fourth-order valence-electron chi connectivity index (χ4n) is 3.21. The minimum atomic E-state index is -0.145. The van der Waals surface area contributed by atoms with Crippen molar-refractivity contribution in [2.75, 3.05) is 7.11 Å². The zero-order valence-corrected chi connectivity index (χ0v) is 19.2. The first-order chi connectivity index (χ1) is 15.4. The van der Waals surface area contributed by atoms with E-state index in [1.807, 2.05) is 61.5 Å². The molecule has 4 rings (SSSR count). The number of carbonyl (C=O) groups excluding carboxylic acids is 1. The highest BCUT2D eigenvalue weighted by molar-refractivity contribution is 8.18. The molecule has 1 saturated heterocycles. The molecular weight excluding hydrogens is 444 g/mol. The number of halogens is 1. The third kappa shape index (κ3) is 4.82. The van der Waals surface area contributed by atoms with Crippen molar-refractivity contribution in [3.63, 3.8) is 0 Å². The van der Waals surface area contributed by atoms with Gasteiger partial charge in [0.1, 0.15) is 0 Å². The lowest BCUT2D eigenvalue weighted by atomic mass is 10.1. The summed E-state index contributed by atoms with van der Waals surface area (Å²) in [6, 6.07) is 20.9. The first kappa shape index (κ1) is 22.0. The van der Waals surface area contributed by atoms with Crippen LogP contribution >= 0.6 is 23.4 Å². The summed E-state index contributed by atoms with van der Waals surface area (Å²) in [6.07, 6.45) is 1.73. The number of thioether (sulfide) groups is 1. The van der Waals surface area contributed by atoms with Gasteiger partial charge in [0.15, 0.2) is 16.7 Å². The van der Waals surface area contributed by atoms with Crippen LogP contribution < -0.4 is 4.74 Å². The van der Waals surface area contributed by atoms with E-state index in [4.69, 9.17) is 21.3 Å². The molecule has 3 aromatic carbocycles. The van der Waals surface area contributed by atoms with E-state index in [1.165, 1.54) is 18.9 Å². The van der Waals surface area contributed by atoms with Gasteiger partial charge in [-0.3, -0.25) is 9.69 Å². The van der Waals surface area contributed by atoms with Crippen molar-refractivity contribution in [3.05, 3.63) is 93.3 Å². The van der Waals surface area contributed by atoms with Crippen molar-refractivity contribution in [3.8, 4) is 11.5 Å². The van der Waals surface area contributed by atoms with Crippen LogP contribution in [0.2, 0.25) is 5.02 Å². The molecule has 0 aromatic heterocycles. The summed E-state index contributed by atoms with van der Waals surface area (Å²) in [5, 5.41) is 10.7. The normalized spacial score (nSPS) is 16.2. The maximum Gasteiger partial charge on any atom is 0.267 e. The minimum Gasteiger partial charge on any atom is -0.503 e. The van der Waals surface area contributed by atoms with E-state index < -0.39 is 0 Å². The molecule has 162 valence electrons. The predicted octanol–water partition coefficient (Wildman–Crippen LogP) is 6.17. The molecule has 1 amide bonds. The SMILES string of the molecule is COc1cc(/C=C2/SC(=Nc3ccc(C)cc3)N(Cc3ccccc3)C2=O)cc(Cl)c1O. The maximum atomic E-state index is 13.3. The van der Waals surface area contributed by atoms with Gasteiger partial charge in [-0.15, -0.1) is 0 Å². The lowest BCUT2D eigenvalue weighted by Crippen LogP contribution is -2.28. The number of carbonyl (C=O) groups is 1. The summed E-state index contributed by atoms with van der Waals surface area (Å²) < 4.78 is 5.18. The van der Waals surface area contributed by atoms with Crippen LogP contribution in [0.25, 0.3) is 6.08 Å². The monoisotopic (exact) mass is 464 g/mol. The maximum absolute atomic E-state index is 13.3. The summed E-state index contributed by atoms with van der Waals surface area (Å²) >= 11 is 7.42. The van der Waals surface area contributed by atoms with Crippen molar-refractivity contribution in [1.29, 1.82) is 0 Å². The molecule has 3 aromatic rings. The van der Waals surface area contributed by atoms with Gasteiger partial charge < -0.3 is 9.84 Å². The average molecular weight is 465 g/mol. The molecule has 0 bridgehead atoms. The second kappa shape index (κ2) is 9.51. The standard InChI is InChI=1S/C25H21ClN2O3S/c1-16-8-10-19(11-9-16)27-25-28(15-17-6-4-3-5-7-17)24(30)22(32-25)14-18-12-20(26)23(29)21(13-18)31-2/h3-14,29H,15H2,1-2H3/b22-14+,27-25?. The number of hydrogen-bond donors (Lipinski definition) is 1. The highest BCUT2D eigenvalue weighted by Gasteiger charge is 2.33. The number of benzene rings is 3. The Balaban J connectivity index is 1.72. The van der Waals surface area contributed by atoms with Gasteiger partial charge in [-0.05, 0) is 60.2 Å². The quantitative estimate of drug-likeness (QED) is 0.459. The molecule has 5 nitrogen and oxygen atoms in total. The number of phenols is 1. The molecule has 0 spiro atoms. The van der Waals surface area contributed by atoms with Crippen LogP contribution in [0.5, 0.6) is 11.5 Å². The summed E-state index contributed by atoms with van der Waals surface area (Å²) in [5.74, 6) is -0.0311. The zero-order valence-electron chi connectivity index (χ0n) is 17.6. The van der Waals surface area contributed by atoms with Gasteiger partial charge in [0.05, 0.1) is 29.3 Å². The van der Waals surface area contributed by atoms with Crippen molar-refractivity contribution >= 4 is 46.2 Å². The summed E-state index contributed by atoms with van der Waals surface area (Å²) in [7, 11) is 1.45. The lowest BCUT2D eigenvalue weighted by molar-refractivity contribution is -0.122. The van der Waals surface area contributed by atoms with Gasteiger partial charge in [-0.1, -0.05) is 59.6 Å². The Hall–Kier alpha value is -3.22. The van der Waals surface area contributed by atoms with E-state index in [-0.39, 0.29) is 22.4 Å². The summed E-state index contributed by atoms with van der Waals surface area (Å²) in [4.78, 5) is 20.2. The number of aromatic hydroxyl groups is 1. The van der Waals surface area contributed by atoms with Crippen LogP contribution in [0.15, 0.2) is 76.6 Å². The van der Waals surface area contributed by atoms with E-state index in [0.29, 0.717) is 22.2 Å². The Kier molecular flexibility index (Phi) is 6.53. The highest BCUT2D eigenvalue weighted by atomic mass is 35.5. The smallest absolute Gasteiger partial charge is 0.267 e. The van der Waals surface area contributed by atoms with E-state index in [9.17, 15) is 9.90 Å². The molecule has 0 saturated carbocycles. The van der Waals surface area contributed by atoms with Crippen molar-refractivity contribution in [2.24, 2.45) is 4.99 Å². The molecule has 0 aliphatic carbocycles. The Morgan fingerprint density at radius 1 is 1.12 bits per heavy atom. The number of rotatable bonds is 5. The number of methoxy groups -OCH3 is 1. The van der Waals surface area contributed by atoms with Crippen molar-refractivity contribution < 1.29 is 14.6 Å². The average Bonchev–Trinajstić information content (AvgIpc) is 3.07. The van der Waals surface area contributed by atoms with Gasteiger partial charge in [0.2, 0.25) is 0 Å². The molecule has 1 aliphatic heterocycles. The molecule has 0 unspecified atom stereocenters. The number of nitrogens with zero attached hydrogens (tertiary/aromatic N) is 2. The molecular formula is C25H21ClN2O3S. The van der Waals surface area contributed by atoms with Crippen molar-refractivity contribution in [2.45, 2.75) is 13.5 Å². The number of ether oxygens (including phenoxy) is 1. The molecule has 7 heteroatoms. The van der Waals surface area contributed by atoms with E-state index in [0.717, 1.165) is 16.8 Å². The van der Waals surface area contributed by atoms with Crippen LogP contribution in [0.3, 0.4) is 0 Å². The van der Waals surface area contributed by atoms with Gasteiger partial charge >= 0.3 is 0 Å². The van der Waals surface area contributed by atoms with Crippen LogP contribution in [0.1, 0.15) is 16.7 Å². The first-order valence-corrected chi connectivity index (χ1v) is 11.1. The Labute approximate surface area is 196 Å². The minimum absolute atomic E-state index is 0.131. The van der Waals surface area contributed by atoms with E-state index >= 15 is 0 Å². The fourth-order valence-corrected chi connectivity index (χ4v) is 4.43. The molecule has 0 atom stereocenters. The Bertz CT molecular complexity index is 1210. The number of phenolic OH excluding ortho intramolecular Hbond substituents is 1. The zero-order chi connectivity index (χ0) is 22.7. The number of amides is 1. The van der Waals surface area contributed by atoms with E-state index in [1.54, 1.807) is 23.1 Å². The first-order valence-electron chi connectivity index (χ1n) is 9.92. The summed E-state index contributed by atoms with van der Waals surface area (Å²) in [6.45, 7) is 2.43. The third-order valence-electron chi connectivity index (χ3n) is 4.90. The molecule has 32 heavy (non-hydrogen) atoms. The van der Waals surface area contributed by atoms with E-state index in [2.05, 4.69) is 0 Å². The largest absolute Gasteiger partial charge is 0.503 e. The lowest BCUT2D eigenvalue weighted by Gasteiger charge is -2.15. The number of amidine groups is 1. The van der Waals surface area contributed by atoms with Gasteiger partial charge in [0.25, 0.3) is 5.91 Å². The summed E-state index contributed by atoms with van der Waals surface area (Å²) in [5.41, 5.74) is 3.58. The number of aliphatic imine (C=N–C) groups is 1. The highest BCUT2D eigenvalue weighted by Crippen LogP contribution is 2.39. The van der Waals surface area contributed by atoms with Gasteiger partial charge in [0, 0.05) is 0 Å². The van der Waals surface area contributed by atoms with Crippen LogP contribution in [-0.2, 0) is 11.3 Å².